The van der Waals surface area contributed by atoms with E-state index in [0.717, 1.165) is 17.8 Å². The fraction of sp³-hybridized carbons (Fsp3) is 0.800. The number of carboxylic acids is 1. The van der Waals surface area contributed by atoms with Gasteiger partial charge in [0.25, 0.3) is 0 Å². The molecule has 1 N–H and O–H groups in total. The third kappa shape index (κ3) is 1.64. The first-order valence-electron chi connectivity index (χ1n) is 6.91. The number of aliphatic carboxylic acids is 1. The lowest BCUT2D eigenvalue weighted by Crippen LogP contribution is -2.47. The number of carbonyl (C=O) groups is 1. The Labute approximate surface area is 103 Å². The number of rotatable bonds is 2. The van der Waals surface area contributed by atoms with Crippen molar-refractivity contribution in [3.05, 3.63) is 11.1 Å². The van der Waals surface area contributed by atoms with Gasteiger partial charge in [-0.1, -0.05) is 5.57 Å². The minimum Gasteiger partial charge on any atom is -0.478 e. The monoisotopic (exact) mass is 234 g/mol. The van der Waals surface area contributed by atoms with Crippen LogP contribution in [0.4, 0.5) is 0 Å². The van der Waals surface area contributed by atoms with Crippen molar-refractivity contribution in [1.29, 1.82) is 0 Å². The van der Waals surface area contributed by atoms with E-state index in [1.807, 2.05) is 0 Å². The first-order valence-corrected chi connectivity index (χ1v) is 6.91. The van der Waals surface area contributed by atoms with Crippen molar-refractivity contribution < 1.29 is 9.90 Å². The Balaban J connectivity index is 1.97. The molecule has 17 heavy (non-hydrogen) atoms. The zero-order valence-corrected chi connectivity index (χ0v) is 10.8. The average Bonchev–Trinajstić information content (AvgIpc) is 2.25. The van der Waals surface area contributed by atoms with E-state index in [4.69, 9.17) is 0 Å². The lowest BCUT2D eigenvalue weighted by atomic mass is 9.47. The lowest BCUT2D eigenvalue weighted by Gasteiger charge is -2.57. The second kappa shape index (κ2) is 3.60. The second-order valence-corrected chi connectivity index (χ2v) is 6.75. The van der Waals surface area contributed by atoms with E-state index in [2.05, 4.69) is 6.92 Å². The van der Waals surface area contributed by atoms with Gasteiger partial charge in [-0.3, -0.25) is 0 Å². The summed E-state index contributed by atoms with van der Waals surface area (Å²) < 4.78 is 0. The maximum absolute atomic E-state index is 11.2. The van der Waals surface area contributed by atoms with E-state index in [0.29, 0.717) is 5.57 Å². The summed E-state index contributed by atoms with van der Waals surface area (Å²) in [7, 11) is 0. The fourth-order valence-corrected chi connectivity index (χ4v) is 5.13. The Kier molecular flexibility index (Phi) is 2.39. The van der Waals surface area contributed by atoms with Crippen LogP contribution in [0.5, 0.6) is 0 Å². The van der Waals surface area contributed by atoms with E-state index in [9.17, 15) is 9.90 Å². The SMILES string of the molecule is CC(C(=O)O)=C(C)C12CC3CC(CC(C3)C1)C2. The molecule has 4 fully saturated rings. The Morgan fingerprint density at radius 2 is 1.41 bits per heavy atom. The summed E-state index contributed by atoms with van der Waals surface area (Å²) in [6, 6.07) is 0. The molecular formula is C15H22O2. The molecule has 0 unspecified atom stereocenters. The number of carboxylic acid groups (broad SMARTS) is 1. The maximum atomic E-state index is 11.2. The van der Waals surface area contributed by atoms with Crippen molar-refractivity contribution in [2.75, 3.05) is 0 Å². The smallest absolute Gasteiger partial charge is 0.331 e. The Bertz CT molecular complexity index is 356. The van der Waals surface area contributed by atoms with Gasteiger partial charge in [-0.15, -0.1) is 0 Å². The van der Waals surface area contributed by atoms with Gasteiger partial charge in [0.1, 0.15) is 0 Å². The summed E-state index contributed by atoms with van der Waals surface area (Å²) in [5, 5.41) is 9.20. The van der Waals surface area contributed by atoms with Crippen LogP contribution >= 0.6 is 0 Å². The molecule has 0 aromatic carbocycles. The Morgan fingerprint density at radius 1 is 1.00 bits per heavy atom. The van der Waals surface area contributed by atoms with Gasteiger partial charge in [0, 0.05) is 5.57 Å². The summed E-state index contributed by atoms with van der Waals surface area (Å²) in [6.45, 7) is 3.87. The maximum Gasteiger partial charge on any atom is 0.331 e. The van der Waals surface area contributed by atoms with Gasteiger partial charge in [-0.25, -0.2) is 4.79 Å². The summed E-state index contributed by atoms with van der Waals surface area (Å²) in [4.78, 5) is 11.2. The molecule has 0 radical (unpaired) electrons. The van der Waals surface area contributed by atoms with Crippen molar-refractivity contribution in [3.63, 3.8) is 0 Å². The summed E-state index contributed by atoms with van der Waals surface area (Å²) in [5.74, 6) is 1.94. The van der Waals surface area contributed by atoms with Gasteiger partial charge in [0.2, 0.25) is 0 Å². The molecule has 0 saturated heterocycles. The summed E-state index contributed by atoms with van der Waals surface area (Å²) in [6.07, 6.45) is 8.02. The van der Waals surface area contributed by atoms with Gasteiger partial charge < -0.3 is 5.11 Å². The lowest BCUT2D eigenvalue weighted by molar-refractivity contribution is -0.132. The highest BCUT2D eigenvalue weighted by atomic mass is 16.4. The minimum atomic E-state index is -0.724. The molecule has 2 nitrogen and oxygen atoms in total. The van der Waals surface area contributed by atoms with E-state index < -0.39 is 5.97 Å². The largest absolute Gasteiger partial charge is 0.478 e. The topological polar surface area (TPSA) is 37.3 Å². The molecule has 4 rings (SSSR count). The minimum absolute atomic E-state index is 0.261. The van der Waals surface area contributed by atoms with Crippen LogP contribution in [0.25, 0.3) is 0 Å². The third-order valence-corrected chi connectivity index (χ3v) is 5.72. The standard InChI is InChI=1S/C15H22O2/c1-9(14(16)17)10(2)15-6-11-3-12(7-15)5-13(4-11)8-15/h11-13H,3-8H2,1-2H3,(H,16,17). The molecule has 4 aliphatic carbocycles. The number of hydrogen-bond acceptors (Lipinski definition) is 1. The predicted octanol–water partition coefficient (Wildman–Crippen LogP) is 3.62. The first kappa shape index (κ1) is 11.3. The first-order chi connectivity index (χ1) is 8.00. The van der Waals surface area contributed by atoms with Crippen LogP contribution in [0.3, 0.4) is 0 Å². The average molecular weight is 234 g/mol. The van der Waals surface area contributed by atoms with E-state index in [-0.39, 0.29) is 5.41 Å². The predicted molar refractivity (Wildman–Crippen MR) is 66.6 cm³/mol. The van der Waals surface area contributed by atoms with Gasteiger partial charge in [-0.05, 0) is 75.5 Å². The summed E-state index contributed by atoms with van der Waals surface area (Å²) in [5.41, 5.74) is 2.05. The van der Waals surface area contributed by atoms with Gasteiger partial charge in [0.15, 0.2) is 0 Å². The van der Waals surface area contributed by atoms with E-state index in [1.165, 1.54) is 44.1 Å². The van der Waals surface area contributed by atoms with Crippen LogP contribution in [0, 0.1) is 23.2 Å². The van der Waals surface area contributed by atoms with Crippen molar-refractivity contribution in [2.45, 2.75) is 52.4 Å². The van der Waals surface area contributed by atoms with Crippen molar-refractivity contribution in [1.82, 2.24) is 0 Å². The van der Waals surface area contributed by atoms with Crippen LogP contribution in [0.2, 0.25) is 0 Å². The molecule has 2 heteroatoms. The van der Waals surface area contributed by atoms with Gasteiger partial charge >= 0.3 is 5.97 Å². The van der Waals surface area contributed by atoms with Crippen LogP contribution in [0.1, 0.15) is 52.4 Å². The molecule has 0 aromatic heterocycles. The molecule has 4 bridgehead atoms. The van der Waals surface area contributed by atoms with Crippen molar-refractivity contribution in [2.24, 2.45) is 23.2 Å². The highest BCUT2D eigenvalue weighted by Crippen LogP contribution is 2.62. The zero-order chi connectivity index (χ0) is 12.2. The highest BCUT2D eigenvalue weighted by molar-refractivity contribution is 5.87. The Hall–Kier alpha value is -0.790. The molecule has 4 aliphatic rings. The number of hydrogen-bond donors (Lipinski definition) is 1. The highest BCUT2D eigenvalue weighted by Gasteiger charge is 2.51. The molecule has 0 heterocycles. The van der Waals surface area contributed by atoms with Gasteiger partial charge in [-0.2, -0.15) is 0 Å². The summed E-state index contributed by atoms with van der Waals surface area (Å²) >= 11 is 0. The zero-order valence-electron chi connectivity index (χ0n) is 10.8. The molecule has 0 amide bonds. The molecule has 0 atom stereocenters. The van der Waals surface area contributed by atoms with Crippen LogP contribution in [-0.2, 0) is 4.79 Å². The van der Waals surface area contributed by atoms with Gasteiger partial charge in [0.05, 0.1) is 0 Å². The van der Waals surface area contributed by atoms with Crippen molar-refractivity contribution in [3.8, 4) is 0 Å². The normalized spacial score (nSPS) is 44.7. The molecule has 0 spiro atoms. The van der Waals surface area contributed by atoms with E-state index in [1.54, 1.807) is 6.92 Å². The molecule has 0 aliphatic heterocycles. The second-order valence-electron chi connectivity index (χ2n) is 6.75. The quantitative estimate of drug-likeness (QED) is 0.741. The molecule has 94 valence electrons. The Morgan fingerprint density at radius 3 is 1.76 bits per heavy atom. The molecule has 4 saturated carbocycles. The van der Waals surface area contributed by atoms with E-state index >= 15 is 0 Å². The van der Waals surface area contributed by atoms with Crippen LogP contribution in [0.15, 0.2) is 11.1 Å². The molecule has 0 aromatic rings. The third-order valence-electron chi connectivity index (χ3n) is 5.72. The van der Waals surface area contributed by atoms with Crippen LogP contribution in [-0.4, -0.2) is 11.1 Å². The molecular weight excluding hydrogens is 212 g/mol. The number of allylic oxidation sites excluding steroid dienone is 1. The fourth-order valence-electron chi connectivity index (χ4n) is 5.13. The van der Waals surface area contributed by atoms with Crippen LogP contribution < -0.4 is 0 Å². The van der Waals surface area contributed by atoms with Crippen molar-refractivity contribution >= 4 is 5.97 Å².